The van der Waals surface area contributed by atoms with E-state index in [1.165, 1.54) is 32.1 Å². The second-order valence-electron chi connectivity index (χ2n) is 7.62. The van der Waals surface area contributed by atoms with Crippen molar-refractivity contribution in [2.24, 2.45) is 29.6 Å². The van der Waals surface area contributed by atoms with E-state index in [0.29, 0.717) is 0 Å². The molecule has 20 heavy (non-hydrogen) atoms. The molecule has 0 heteroatoms. The van der Waals surface area contributed by atoms with Gasteiger partial charge in [0.2, 0.25) is 0 Å². The Morgan fingerprint density at radius 3 is 2.85 bits per heavy atom. The van der Waals surface area contributed by atoms with Crippen LogP contribution in [0, 0.1) is 29.6 Å². The Morgan fingerprint density at radius 1 is 1.05 bits per heavy atom. The quantitative estimate of drug-likeness (QED) is 0.663. The van der Waals surface area contributed by atoms with E-state index in [-0.39, 0.29) is 0 Å². The van der Waals surface area contributed by atoms with E-state index < -0.39 is 0 Å². The van der Waals surface area contributed by atoms with Gasteiger partial charge < -0.3 is 0 Å². The molecule has 104 valence electrons. The summed E-state index contributed by atoms with van der Waals surface area (Å²) in [5.41, 5.74) is 5.14. The zero-order valence-electron chi connectivity index (χ0n) is 12.4. The molecule has 0 nitrogen and oxygen atoms in total. The first kappa shape index (κ1) is 11.6. The summed E-state index contributed by atoms with van der Waals surface area (Å²) in [5, 5.41) is 0. The van der Waals surface area contributed by atoms with E-state index in [9.17, 15) is 0 Å². The van der Waals surface area contributed by atoms with E-state index in [4.69, 9.17) is 0 Å². The third-order valence-corrected chi connectivity index (χ3v) is 6.96. The number of benzene rings is 1. The summed E-state index contributed by atoms with van der Waals surface area (Å²) in [6.07, 6.45) is 9.70. The molecule has 0 aromatic heterocycles. The Hall–Kier alpha value is -1.04. The molecule has 0 aliphatic heterocycles. The van der Waals surface area contributed by atoms with Crippen molar-refractivity contribution in [2.75, 3.05) is 0 Å². The molecule has 0 heterocycles. The summed E-state index contributed by atoms with van der Waals surface area (Å²) < 4.78 is 0. The highest BCUT2D eigenvalue weighted by molar-refractivity contribution is 5.36. The predicted molar refractivity (Wildman–Crippen MR) is 82.6 cm³/mol. The van der Waals surface area contributed by atoms with Crippen LogP contribution in [0.1, 0.15) is 49.7 Å². The van der Waals surface area contributed by atoms with Crippen LogP contribution in [0.4, 0.5) is 0 Å². The molecule has 1 aromatic carbocycles. The number of aryl methyl sites for hydroxylation is 1. The molecule has 0 saturated heterocycles. The Morgan fingerprint density at radius 2 is 1.95 bits per heavy atom. The van der Waals surface area contributed by atoms with Crippen molar-refractivity contribution >= 4 is 0 Å². The summed E-state index contributed by atoms with van der Waals surface area (Å²) in [5.74, 6) is 6.08. The molecular formula is C20H24. The van der Waals surface area contributed by atoms with Gasteiger partial charge in [-0.05, 0) is 78.7 Å². The van der Waals surface area contributed by atoms with Crippen LogP contribution in [0.25, 0.3) is 0 Å². The Labute approximate surface area is 122 Å². The summed E-state index contributed by atoms with van der Waals surface area (Å²) >= 11 is 0. The molecule has 4 aliphatic carbocycles. The molecule has 0 amide bonds. The van der Waals surface area contributed by atoms with Crippen LogP contribution in [0.3, 0.4) is 0 Å². The summed E-state index contributed by atoms with van der Waals surface area (Å²) in [4.78, 5) is 0. The highest BCUT2D eigenvalue weighted by Gasteiger charge is 2.59. The van der Waals surface area contributed by atoms with Gasteiger partial charge in [-0.1, -0.05) is 42.8 Å². The van der Waals surface area contributed by atoms with Gasteiger partial charge in [0.25, 0.3) is 0 Å². The third-order valence-electron chi connectivity index (χ3n) is 6.96. The normalized spacial score (nSPS) is 44.0. The van der Waals surface area contributed by atoms with Crippen LogP contribution in [-0.2, 0) is 6.42 Å². The predicted octanol–water partition coefficient (Wildman–Crippen LogP) is 4.95. The van der Waals surface area contributed by atoms with Gasteiger partial charge in [-0.2, -0.15) is 0 Å². The minimum atomic E-state index is 0.881. The number of fused-ring (bicyclic) bond motifs is 7. The smallest absolute Gasteiger partial charge is 0.0125 e. The summed E-state index contributed by atoms with van der Waals surface area (Å²) in [7, 11) is 0. The van der Waals surface area contributed by atoms with Crippen LogP contribution in [0.15, 0.2) is 35.9 Å². The zero-order chi connectivity index (χ0) is 13.3. The summed E-state index contributed by atoms with van der Waals surface area (Å²) in [6.45, 7) is 2.31. The monoisotopic (exact) mass is 264 g/mol. The first-order valence-corrected chi connectivity index (χ1v) is 8.63. The second kappa shape index (κ2) is 4.00. The average Bonchev–Trinajstić information content (AvgIpc) is 3.05. The molecule has 3 fully saturated rings. The van der Waals surface area contributed by atoms with Gasteiger partial charge in [0.05, 0.1) is 0 Å². The molecule has 0 N–H and O–H groups in total. The van der Waals surface area contributed by atoms with Crippen molar-refractivity contribution in [3.05, 3.63) is 47.0 Å². The van der Waals surface area contributed by atoms with Crippen LogP contribution in [0.5, 0.6) is 0 Å². The SMILES string of the molecule is CCc1ccccc1C1CC2CC1C1CC=C3CC3C21. The van der Waals surface area contributed by atoms with Gasteiger partial charge in [-0.15, -0.1) is 0 Å². The van der Waals surface area contributed by atoms with E-state index in [1.54, 1.807) is 11.1 Å². The number of rotatable bonds is 2. The minimum Gasteiger partial charge on any atom is -0.0847 e. The first-order chi connectivity index (χ1) is 9.86. The average molecular weight is 264 g/mol. The molecule has 1 aromatic rings. The molecule has 5 rings (SSSR count). The van der Waals surface area contributed by atoms with E-state index >= 15 is 0 Å². The van der Waals surface area contributed by atoms with Crippen LogP contribution in [0.2, 0.25) is 0 Å². The van der Waals surface area contributed by atoms with Gasteiger partial charge in [0.15, 0.2) is 0 Å². The van der Waals surface area contributed by atoms with Gasteiger partial charge in [-0.3, -0.25) is 0 Å². The van der Waals surface area contributed by atoms with E-state index in [1.807, 2.05) is 5.57 Å². The van der Waals surface area contributed by atoms with Crippen molar-refractivity contribution in [1.29, 1.82) is 0 Å². The molecule has 6 atom stereocenters. The molecule has 4 aliphatic rings. The fourth-order valence-corrected chi connectivity index (χ4v) is 6.17. The third kappa shape index (κ3) is 1.43. The fourth-order valence-electron chi connectivity index (χ4n) is 6.17. The lowest BCUT2D eigenvalue weighted by Crippen LogP contribution is -2.30. The summed E-state index contributed by atoms with van der Waals surface area (Å²) in [6, 6.07) is 9.27. The van der Waals surface area contributed by atoms with Gasteiger partial charge in [0.1, 0.15) is 0 Å². The number of allylic oxidation sites excluding steroid dienone is 2. The maximum Gasteiger partial charge on any atom is -0.0125 e. The van der Waals surface area contributed by atoms with Crippen LogP contribution in [-0.4, -0.2) is 0 Å². The lowest BCUT2D eigenvalue weighted by atomic mass is 9.67. The van der Waals surface area contributed by atoms with Crippen molar-refractivity contribution in [3.63, 3.8) is 0 Å². The molecule has 0 radical (unpaired) electrons. The Bertz CT molecular complexity index is 581. The highest BCUT2D eigenvalue weighted by atomic mass is 14.6. The first-order valence-electron chi connectivity index (χ1n) is 8.63. The van der Waals surface area contributed by atoms with Crippen molar-refractivity contribution in [1.82, 2.24) is 0 Å². The van der Waals surface area contributed by atoms with E-state index in [2.05, 4.69) is 37.3 Å². The molecule has 3 saturated carbocycles. The van der Waals surface area contributed by atoms with Crippen LogP contribution >= 0.6 is 0 Å². The lowest BCUT2D eigenvalue weighted by molar-refractivity contribution is 0.175. The zero-order valence-corrected chi connectivity index (χ0v) is 12.4. The molecule has 0 spiro atoms. The highest BCUT2D eigenvalue weighted by Crippen LogP contribution is 2.68. The maximum atomic E-state index is 2.61. The second-order valence-corrected chi connectivity index (χ2v) is 7.62. The van der Waals surface area contributed by atoms with Gasteiger partial charge in [0, 0.05) is 0 Å². The molecule has 6 unspecified atom stereocenters. The number of hydrogen-bond donors (Lipinski definition) is 0. The largest absolute Gasteiger partial charge is 0.0847 e. The van der Waals surface area contributed by atoms with Crippen molar-refractivity contribution in [3.8, 4) is 0 Å². The Kier molecular flexibility index (Phi) is 2.32. The van der Waals surface area contributed by atoms with Gasteiger partial charge in [-0.25, -0.2) is 0 Å². The topological polar surface area (TPSA) is 0 Å². The fraction of sp³-hybridized carbons (Fsp3) is 0.600. The lowest BCUT2D eigenvalue weighted by Gasteiger charge is -2.38. The van der Waals surface area contributed by atoms with Gasteiger partial charge >= 0.3 is 0 Å². The minimum absolute atomic E-state index is 0.881. The maximum absolute atomic E-state index is 2.61. The molecular weight excluding hydrogens is 240 g/mol. The Balaban J connectivity index is 1.50. The van der Waals surface area contributed by atoms with Crippen molar-refractivity contribution < 1.29 is 0 Å². The standard InChI is InChI=1S/C20H24/c1-2-12-5-3-4-6-15(12)18-10-14-11-19(18)16-8-7-13-9-17(13)20(14)16/h3-7,14,16-20H,2,8-11H2,1H3. The van der Waals surface area contributed by atoms with Crippen molar-refractivity contribution in [2.45, 2.75) is 44.9 Å². The van der Waals surface area contributed by atoms with Crippen LogP contribution < -0.4 is 0 Å². The number of hydrogen-bond acceptors (Lipinski definition) is 0. The van der Waals surface area contributed by atoms with E-state index in [0.717, 1.165) is 35.5 Å². The molecule has 2 bridgehead atoms.